The Kier molecular flexibility index (Phi) is 9.43. The molecule has 0 amide bonds. The van der Waals surface area contributed by atoms with Crippen molar-refractivity contribution in [1.82, 2.24) is 4.48 Å². The van der Waals surface area contributed by atoms with Crippen molar-refractivity contribution in [1.29, 1.82) is 0 Å². The third-order valence-electron chi connectivity index (χ3n) is 8.82. The molecule has 2 aliphatic rings. The zero-order chi connectivity index (χ0) is 32.3. The summed E-state index contributed by atoms with van der Waals surface area (Å²) in [7, 11) is -9.00. The maximum atomic E-state index is 12.4. The number of quaternary nitrogens is 1. The van der Waals surface area contributed by atoms with Gasteiger partial charge in [-0.25, -0.2) is 21.3 Å². The van der Waals surface area contributed by atoms with Gasteiger partial charge in [0.2, 0.25) is 11.3 Å². The molecule has 236 valence electrons. The Bertz CT molecular complexity index is 2360. The monoisotopic (exact) mass is 697 g/mol. The molecule has 2 unspecified atom stereocenters. The first kappa shape index (κ1) is 34.2. The van der Waals surface area contributed by atoms with Crippen LogP contribution in [0.4, 0.5) is 5.69 Å². The minimum Gasteiger partial charge on any atom is -0.748 e. The number of benzene rings is 4. The zero-order valence-corrected chi connectivity index (χ0v) is 30.6. The van der Waals surface area contributed by atoms with Crippen LogP contribution >= 0.6 is 0 Å². The molecule has 13 heteroatoms. The molecule has 7 rings (SSSR count). The van der Waals surface area contributed by atoms with Gasteiger partial charge in [-0.15, -0.1) is 0 Å². The smallest absolute Gasteiger partial charge is 0.748 e. The van der Waals surface area contributed by atoms with Crippen molar-refractivity contribution in [3.63, 3.8) is 0 Å². The molecule has 47 heavy (non-hydrogen) atoms. The Labute approximate surface area is 315 Å². The molecule has 10 nitrogen and oxygen atoms in total. The van der Waals surface area contributed by atoms with E-state index < -0.39 is 31.4 Å². The van der Waals surface area contributed by atoms with Crippen molar-refractivity contribution >= 4 is 64.6 Å². The number of nitrogens with zero attached hydrogens (tertiary/aromatic N) is 2. The van der Waals surface area contributed by atoms with Crippen LogP contribution in [0.3, 0.4) is 0 Å². The summed E-state index contributed by atoms with van der Waals surface area (Å²) in [4.78, 5) is 0. The number of ether oxygens (including phenoxy) is 1. The Balaban J connectivity index is 0.00000386. The number of rotatable bonds is 8. The number of aromatic nitrogens is 1. The van der Waals surface area contributed by atoms with Crippen LogP contribution < -0.4 is 65.2 Å². The standard InChI is InChI=1S/C34H30N2O8S2.K/c1-23(11-17-30-35(20-6-22-45(37,38)39)28-15-13-24-7-2-4-9-26(24)33(28)43-30)12-18-31-36(21-19-32(36)46(40,41)42)29-16-14-25-8-3-5-10-27(25)34(29)44-31;/h2-5,7-18,32H,6,19-22H2,1H3;/q;+1. The number of allylic oxidation sites excluding steroid dienone is 4. The van der Waals surface area contributed by atoms with E-state index in [-0.39, 0.29) is 75.3 Å². The van der Waals surface area contributed by atoms with Crippen molar-refractivity contribution in [2.45, 2.75) is 31.7 Å². The Morgan fingerprint density at radius 3 is 2.32 bits per heavy atom. The molecule has 5 aromatic rings. The second-order valence-corrected chi connectivity index (χ2v) is 14.7. The van der Waals surface area contributed by atoms with E-state index in [0.29, 0.717) is 35.3 Å². The van der Waals surface area contributed by atoms with Crippen LogP contribution in [0, 0.1) is 0 Å². The van der Waals surface area contributed by atoms with Crippen molar-refractivity contribution in [2.24, 2.45) is 0 Å². The van der Waals surface area contributed by atoms with Crippen LogP contribution in [0.2, 0.25) is 0 Å². The quantitative estimate of drug-likeness (QED) is 0.0792. The zero-order valence-electron chi connectivity index (χ0n) is 25.8. The molecule has 0 N–H and O–H groups in total. The topological polar surface area (TPSA) is 141 Å². The molecule has 0 bridgehead atoms. The molecule has 1 saturated heterocycles. The molecule has 1 spiro atoms. The summed E-state index contributed by atoms with van der Waals surface area (Å²) in [5.74, 6) is 0.886. The molecule has 3 heterocycles. The second kappa shape index (κ2) is 13.0. The largest absolute Gasteiger partial charge is 1.00 e. The van der Waals surface area contributed by atoms with Gasteiger partial charge in [-0.3, -0.25) is 0 Å². The van der Waals surface area contributed by atoms with Crippen molar-refractivity contribution in [3.8, 4) is 5.75 Å². The van der Waals surface area contributed by atoms with Crippen LogP contribution in [0.1, 0.15) is 25.7 Å². The molecule has 0 aliphatic carbocycles. The fourth-order valence-electron chi connectivity index (χ4n) is 6.55. The van der Waals surface area contributed by atoms with Gasteiger partial charge in [-0.1, -0.05) is 54.1 Å². The first-order valence-corrected chi connectivity index (χ1v) is 17.9. The van der Waals surface area contributed by atoms with Gasteiger partial charge in [-0.2, -0.15) is 4.57 Å². The summed E-state index contributed by atoms with van der Waals surface area (Å²) in [5.41, 5.74) is 2.84. The van der Waals surface area contributed by atoms with Crippen LogP contribution in [-0.2, 0) is 26.8 Å². The van der Waals surface area contributed by atoms with Crippen LogP contribution in [0.15, 0.2) is 107 Å². The molecule has 0 saturated carbocycles. The third kappa shape index (κ3) is 6.30. The van der Waals surface area contributed by atoms with Gasteiger partial charge in [0, 0.05) is 41.2 Å². The number of oxazole rings is 1. The van der Waals surface area contributed by atoms with Gasteiger partial charge in [-0.05, 0) is 42.0 Å². The summed E-state index contributed by atoms with van der Waals surface area (Å²) in [6, 6.07) is 23.1. The van der Waals surface area contributed by atoms with Crippen molar-refractivity contribution < 1.29 is 91.0 Å². The molecular formula is C34H30KN2O8S2+. The van der Waals surface area contributed by atoms with Crippen LogP contribution in [0.25, 0.3) is 38.7 Å². The maximum absolute atomic E-state index is 12.4. The van der Waals surface area contributed by atoms with E-state index in [4.69, 9.17) is 9.15 Å². The SMILES string of the molecule is CC(C=Cc1oc2c3ccccc3ccc2[n+]1CCCS(=O)(=O)[O-])=CC=C1Oc2c(ccc3ccccc23)[N+]12CCC2S(=O)(=O)[O-].[K+]. The predicted octanol–water partition coefficient (Wildman–Crippen LogP) is 2.44. The van der Waals surface area contributed by atoms with Gasteiger partial charge in [0.25, 0.3) is 5.52 Å². The number of fused-ring (bicyclic) bond motifs is 7. The van der Waals surface area contributed by atoms with Gasteiger partial charge >= 0.3 is 63.2 Å². The van der Waals surface area contributed by atoms with E-state index in [1.165, 1.54) is 0 Å². The fraction of sp³-hybridized carbons (Fsp3) is 0.206. The number of hydrogen-bond acceptors (Lipinski definition) is 8. The number of hydrogen-bond donors (Lipinski definition) is 0. The van der Waals surface area contributed by atoms with Crippen molar-refractivity contribution in [3.05, 3.63) is 108 Å². The second-order valence-electron chi connectivity index (χ2n) is 11.7. The molecule has 0 radical (unpaired) electrons. The van der Waals surface area contributed by atoms with E-state index in [1.54, 1.807) is 18.2 Å². The van der Waals surface area contributed by atoms with E-state index in [2.05, 4.69) is 0 Å². The van der Waals surface area contributed by atoms with Gasteiger partial charge < -0.3 is 18.3 Å². The van der Waals surface area contributed by atoms with Crippen LogP contribution in [-0.4, -0.2) is 43.6 Å². The maximum Gasteiger partial charge on any atom is 1.00 e. The minimum absolute atomic E-state index is 0. The minimum atomic E-state index is -4.63. The van der Waals surface area contributed by atoms with Gasteiger partial charge in [0.1, 0.15) is 0 Å². The van der Waals surface area contributed by atoms with E-state index in [9.17, 15) is 25.9 Å². The van der Waals surface area contributed by atoms with E-state index in [1.807, 2.05) is 90.4 Å². The molecule has 1 fully saturated rings. The van der Waals surface area contributed by atoms with Crippen molar-refractivity contribution in [2.75, 3.05) is 12.3 Å². The van der Waals surface area contributed by atoms with E-state index >= 15 is 0 Å². The molecule has 4 aromatic carbocycles. The summed E-state index contributed by atoms with van der Waals surface area (Å²) in [5, 5.41) is 2.48. The number of aryl methyl sites for hydroxylation is 1. The predicted molar refractivity (Wildman–Crippen MR) is 173 cm³/mol. The molecule has 2 atom stereocenters. The van der Waals surface area contributed by atoms with Crippen LogP contribution in [0.5, 0.6) is 5.75 Å². The average Bonchev–Trinajstić information content (AvgIpc) is 3.54. The summed E-state index contributed by atoms with van der Waals surface area (Å²) in [6.07, 6.45) is 7.44. The normalized spacial score (nSPS) is 20.6. The molecule has 1 aromatic heterocycles. The fourth-order valence-corrected chi connectivity index (χ4v) is 8.20. The summed E-state index contributed by atoms with van der Waals surface area (Å²) in [6.45, 7) is 2.53. The Morgan fingerprint density at radius 1 is 0.957 bits per heavy atom. The first-order valence-electron chi connectivity index (χ1n) is 14.8. The summed E-state index contributed by atoms with van der Waals surface area (Å²) < 4.78 is 85.3. The first-order chi connectivity index (χ1) is 22.0. The Morgan fingerprint density at radius 2 is 1.64 bits per heavy atom. The van der Waals surface area contributed by atoms with E-state index in [0.717, 1.165) is 32.6 Å². The van der Waals surface area contributed by atoms with Gasteiger partial charge in [0.05, 0.1) is 29.2 Å². The molecular weight excluding hydrogens is 668 g/mol. The third-order valence-corrected chi connectivity index (χ3v) is 10.9. The summed E-state index contributed by atoms with van der Waals surface area (Å²) >= 11 is 0. The molecule has 2 aliphatic heterocycles. The average molecular weight is 698 g/mol. The Hall–Kier alpha value is -2.69. The van der Waals surface area contributed by atoms with Gasteiger partial charge in [0.15, 0.2) is 27.7 Å².